The number of aryl methyl sites for hydroxylation is 1. The number of hydrogen-bond donors (Lipinski definition) is 1. The number of benzene rings is 1. The number of halogens is 1. The molecule has 4 heterocycles. The summed E-state index contributed by atoms with van der Waals surface area (Å²) in [6, 6.07) is 10.8. The van der Waals surface area contributed by atoms with Gasteiger partial charge < -0.3 is 9.88 Å². The minimum atomic E-state index is -0.767. The maximum atomic E-state index is 15.1. The number of aromatic nitrogens is 4. The summed E-state index contributed by atoms with van der Waals surface area (Å²) < 4.78 is 17.2. The van der Waals surface area contributed by atoms with Crippen LogP contribution in [-0.4, -0.2) is 38.9 Å². The van der Waals surface area contributed by atoms with Crippen molar-refractivity contribution in [1.82, 2.24) is 19.5 Å². The zero-order valence-corrected chi connectivity index (χ0v) is 21.1. The van der Waals surface area contributed by atoms with Crippen LogP contribution in [0.2, 0.25) is 0 Å². The van der Waals surface area contributed by atoms with Gasteiger partial charge in [-0.1, -0.05) is 0 Å². The van der Waals surface area contributed by atoms with Crippen LogP contribution in [0.4, 0.5) is 10.2 Å². The van der Waals surface area contributed by atoms with Gasteiger partial charge in [-0.25, -0.2) is 9.37 Å². The van der Waals surface area contributed by atoms with Crippen LogP contribution in [0.5, 0.6) is 0 Å². The van der Waals surface area contributed by atoms with Crippen molar-refractivity contribution >= 4 is 11.6 Å². The molecule has 0 bridgehead atoms. The molecule has 1 aromatic heterocycles. The second-order valence-electron chi connectivity index (χ2n) is 9.68. The zero-order chi connectivity index (χ0) is 26.3. The highest BCUT2D eigenvalue weighted by atomic mass is 19.1. The zero-order valence-electron chi connectivity index (χ0n) is 21.1. The number of ketones is 1. The largest absolute Gasteiger partial charge is 0.369 e. The van der Waals surface area contributed by atoms with Gasteiger partial charge in [-0.15, -0.1) is 0 Å². The predicted molar refractivity (Wildman–Crippen MR) is 138 cm³/mol. The van der Waals surface area contributed by atoms with Crippen molar-refractivity contribution in [2.24, 2.45) is 4.99 Å². The Balaban J connectivity index is 1.57. The topological polar surface area (TPSA) is 109 Å². The van der Waals surface area contributed by atoms with Gasteiger partial charge in [0, 0.05) is 50.1 Å². The Morgan fingerprint density at radius 1 is 1.24 bits per heavy atom. The lowest BCUT2D eigenvalue weighted by atomic mass is 9.86. The van der Waals surface area contributed by atoms with E-state index in [0.717, 1.165) is 47.0 Å². The molecule has 0 fully saturated rings. The van der Waals surface area contributed by atoms with E-state index < -0.39 is 11.2 Å². The van der Waals surface area contributed by atoms with Crippen molar-refractivity contribution in [3.8, 4) is 28.6 Å². The van der Waals surface area contributed by atoms with Crippen LogP contribution < -0.4 is 10.9 Å². The number of fused-ring (bicyclic) bond motifs is 3. The van der Waals surface area contributed by atoms with Gasteiger partial charge in [-0.05, 0) is 73.4 Å². The lowest BCUT2D eigenvalue weighted by molar-refractivity contribution is 0.0987. The van der Waals surface area contributed by atoms with Crippen LogP contribution in [0.1, 0.15) is 41.0 Å². The summed E-state index contributed by atoms with van der Waals surface area (Å²) in [6.07, 6.45) is 3.10. The summed E-state index contributed by atoms with van der Waals surface area (Å²) >= 11 is 0. The molecule has 0 saturated carbocycles. The fraction of sp³-hybridized carbons (Fsp3) is 0.286. The average Bonchev–Trinajstić information content (AvgIpc) is 3.40. The number of nitrogens with zero attached hydrogens (tertiary/aromatic N) is 6. The number of carbonyl (C=O) groups excluding carboxylic acids is 1. The normalized spacial score (nSPS) is 13.4. The van der Waals surface area contributed by atoms with Crippen LogP contribution in [0.15, 0.2) is 47.7 Å². The molecule has 186 valence electrons. The highest BCUT2D eigenvalue weighted by Crippen LogP contribution is 2.38. The van der Waals surface area contributed by atoms with Gasteiger partial charge in [0.2, 0.25) is 5.62 Å². The number of nitrogens with one attached hydrogen (secondary N) is 1. The van der Waals surface area contributed by atoms with E-state index in [0.29, 0.717) is 11.2 Å². The molecule has 37 heavy (non-hydrogen) atoms. The van der Waals surface area contributed by atoms with Gasteiger partial charge in [-0.2, -0.15) is 10.2 Å². The fourth-order valence-electron chi connectivity index (χ4n) is 4.62. The Hall–Kier alpha value is -4.45. The minimum absolute atomic E-state index is 0.149. The maximum Gasteiger partial charge on any atom is 0.246 e. The van der Waals surface area contributed by atoms with Crippen molar-refractivity contribution in [2.45, 2.75) is 39.2 Å². The molecule has 0 amide bonds. The lowest BCUT2D eigenvalue weighted by Gasteiger charge is -2.19. The van der Waals surface area contributed by atoms with E-state index >= 15 is 4.39 Å². The van der Waals surface area contributed by atoms with Crippen molar-refractivity contribution < 1.29 is 9.18 Å². The Morgan fingerprint density at radius 3 is 2.81 bits per heavy atom. The Bertz CT molecular complexity index is 1630. The van der Waals surface area contributed by atoms with Gasteiger partial charge in [0.25, 0.3) is 0 Å². The maximum absolute atomic E-state index is 15.1. The van der Waals surface area contributed by atoms with Crippen molar-refractivity contribution in [1.29, 1.82) is 5.26 Å². The standard InChI is InChI=1S/C28H26FN7O/c1-16-9-22(29)17(12-24(37)23-13-19(5-6-32-23)28(2,3)15-30)10-20(16)21-11-18-14-34-27(31-4)35-25(18)36-8-7-33-26(21)36/h5-6,9-11,13-14,33H,7-8,12H2,1-4H3. The number of pyridine rings is 2. The second-order valence-corrected chi connectivity index (χ2v) is 9.68. The van der Waals surface area contributed by atoms with E-state index in [1.165, 1.54) is 12.3 Å². The van der Waals surface area contributed by atoms with Crippen molar-refractivity contribution in [2.75, 3.05) is 18.9 Å². The van der Waals surface area contributed by atoms with Gasteiger partial charge in [0.05, 0.1) is 11.5 Å². The lowest BCUT2D eigenvalue weighted by Crippen LogP contribution is -2.17. The average molecular weight is 496 g/mol. The van der Waals surface area contributed by atoms with Crippen LogP contribution in [0.25, 0.3) is 22.5 Å². The molecule has 1 aromatic carbocycles. The molecule has 5 rings (SSSR count). The smallest absolute Gasteiger partial charge is 0.246 e. The number of carbonyl (C=O) groups is 1. The summed E-state index contributed by atoms with van der Waals surface area (Å²) in [5, 5.41) is 12.9. The Kier molecular flexibility index (Phi) is 6.04. The van der Waals surface area contributed by atoms with E-state index in [1.54, 1.807) is 45.3 Å². The molecule has 1 N–H and O–H groups in total. The molecule has 0 spiro atoms. The molecular weight excluding hydrogens is 469 g/mol. The molecular formula is C28H26FN7O. The van der Waals surface area contributed by atoms with E-state index in [1.807, 2.05) is 13.0 Å². The van der Waals surface area contributed by atoms with E-state index in [2.05, 4.69) is 35.9 Å². The first-order valence-electron chi connectivity index (χ1n) is 12.0. The molecule has 9 heteroatoms. The Labute approximate surface area is 213 Å². The van der Waals surface area contributed by atoms with Crippen molar-refractivity contribution in [3.63, 3.8) is 0 Å². The third-order valence-electron chi connectivity index (χ3n) is 6.77. The quantitative estimate of drug-likeness (QED) is 0.418. The molecule has 3 aliphatic heterocycles. The Morgan fingerprint density at radius 2 is 2.05 bits per heavy atom. The second kappa shape index (κ2) is 9.21. The van der Waals surface area contributed by atoms with E-state index in [4.69, 9.17) is 0 Å². The first-order chi connectivity index (χ1) is 17.7. The van der Waals surface area contributed by atoms with E-state index in [9.17, 15) is 10.1 Å². The molecule has 0 saturated heterocycles. The third kappa shape index (κ3) is 4.35. The summed E-state index contributed by atoms with van der Waals surface area (Å²) in [6.45, 7) is 6.87. The molecule has 0 atom stereocenters. The fourth-order valence-corrected chi connectivity index (χ4v) is 4.62. The summed E-state index contributed by atoms with van der Waals surface area (Å²) in [5.74, 6) is 0.901. The van der Waals surface area contributed by atoms with Gasteiger partial charge in [0.1, 0.15) is 23.2 Å². The van der Waals surface area contributed by atoms with Gasteiger partial charge in [-0.3, -0.25) is 14.8 Å². The molecule has 0 radical (unpaired) electrons. The van der Waals surface area contributed by atoms with Gasteiger partial charge >= 0.3 is 0 Å². The number of anilines is 1. The predicted octanol–water partition coefficient (Wildman–Crippen LogP) is 4.08. The summed E-state index contributed by atoms with van der Waals surface area (Å²) in [4.78, 5) is 30.3. The van der Waals surface area contributed by atoms with E-state index in [-0.39, 0.29) is 23.5 Å². The molecule has 0 unspecified atom stereocenters. The number of hydrogen-bond acceptors (Lipinski definition) is 7. The van der Waals surface area contributed by atoms with Crippen LogP contribution in [0, 0.1) is 24.1 Å². The molecule has 2 aromatic rings. The number of nitriles is 1. The summed E-state index contributed by atoms with van der Waals surface area (Å²) in [5.41, 5.74) is 4.13. The summed E-state index contributed by atoms with van der Waals surface area (Å²) in [7, 11) is 1.65. The van der Waals surface area contributed by atoms with Crippen LogP contribution >= 0.6 is 0 Å². The monoisotopic (exact) mass is 495 g/mol. The molecule has 3 aliphatic rings. The third-order valence-corrected chi connectivity index (χ3v) is 6.77. The molecule has 0 aliphatic carbocycles. The highest BCUT2D eigenvalue weighted by molar-refractivity contribution is 5.96. The first-order valence-corrected chi connectivity index (χ1v) is 12.0. The number of rotatable bonds is 5. The molecule has 8 nitrogen and oxygen atoms in total. The first kappa shape index (κ1) is 24.3. The van der Waals surface area contributed by atoms with Crippen molar-refractivity contribution in [3.05, 3.63) is 76.5 Å². The van der Waals surface area contributed by atoms with Crippen LogP contribution in [-0.2, 0) is 18.4 Å². The highest BCUT2D eigenvalue weighted by Gasteiger charge is 2.25. The van der Waals surface area contributed by atoms with Crippen LogP contribution in [0.3, 0.4) is 0 Å². The van der Waals surface area contributed by atoms with Gasteiger partial charge in [0.15, 0.2) is 5.78 Å². The SMILES string of the molecule is CN=c1ncc2cc(-c3cc(CC(=O)c4cc(C(C)(C)C#N)ccn4)c(F)cc3C)c3n(c-2n1)CCN3. The minimum Gasteiger partial charge on any atom is -0.369 e. The number of Topliss-reactive ketones (excluding diaryl/α,β-unsaturated/α-hetero) is 1.